The van der Waals surface area contributed by atoms with Gasteiger partial charge in [0.25, 0.3) is 0 Å². The Balaban J connectivity index is 2.61. The third kappa shape index (κ3) is 5.92. The van der Waals surface area contributed by atoms with E-state index in [1.54, 1.807) is 0 Å². The molecule has 4 nitrogen and oxygen atoms in total. The van der Waals surface area contributed by atoms with Crippen LogP contribution in [-0.2, 0) is 19.1 Å². The summed E-state index contributed by atoms with van der Waals surface area (Å²) in [6.45, 7) is 13.0. The summed E-state index contributed by atoms with van der Waals surface area (Å²) >= 11 is 0. The normalized spacial score (nSPS) is 21.7. The molecule has 0 radical (unpaired) electrons. The average molecular weight is 310 g/mol. The minimum absolute atomic E-state index is 0.0671. The highest BCUT2D eigenvalue weighted by atomic mass is 28.3. The summed E-state index contributed by atoms with van der Waals surface area (Å²) in [4.78, 5) is 23.3. The van der Waals surface area contributed by atoms with E-state index in [0.717, 1.165) is 6.04 Å². The van der Waals surface area contributed by atoms with Crippen LogP contribution in [0.5, 0.6) is 0 Å². The molecule has 1 aliphatic heterocycles. The van der Waals surface area contributed by atoms with E-state index >= 15 is 0 Å². The van der Waals surface area contributed by atoms with Gasteiger partial charge in [0.05, 0.1) is 19.4 Å². The van der Waals surface area contributed by atoms with Crippen LogP contribution in [0.15, 0.2) is 0 Å². The number of carbonyl (C=O) groups excluding carboxylic acids is 2. The average Bonchev–Trinajstić information content (AvgIpc) is 2.22. The summed E-state index contributed by atoms with van der Waals surface area (Å²) in [6, 6.07) is 0.899. The summed E-state index contributed by atoms with van der Waals surface area (Å²) in [6.07, 6.45) is 0.277. The maximum Gasteiger partial charge on any atom is 0.352 e. The van der Waals surface area contributed by atoms with Crippen molar-refractivity contribution in [2.75, 3.05) is 6.61 Å². The molecule has 118 valence electrons. The van der Waals surface area contributed by atoms with Gasteiger partial charge in [-0.3, -0.25) is 4.79 Å². The molecule has 0 aromatic rings. The van der Waals surface area contributed by atoms with Crippen molar-refractivity contribution in [2.24, 2.45) is 5.41 Å². The number of ether oxygens (including phenoxy) is 2. The molecule has 21 heavy (non-hydrogen) atoms. The molecule has 0 amide bonds. The molecule has 0 aromatic carbocycles. The molecule has 1 aliphatic rings. The maximum atomic E-state index is 12.2. The number of carbonyl (C=O) groups is 2. The highest BCUT2D eigenvalue weighted by molar-refractivity contribution is 6.76. The second-order valence-corrected chi connectivity index (χ2v) is 13.4. The minimum Gasteiger partial charge on any atom is -0.463 e. The molecule has 0 spiro atoms. The predicted octanol–water partition coefficient (Wildman–Crippen LogP) is 2.99. The fraction of sp³-hybridized carbons (Fsp3) is 0.750. The monoisotopic (exact) mass is 310 g/mol. The molecule has 0 unspecified atom stereocenters. The van der Waals surface area contributed by atoms with Gasteiger partial charge in [0.2, 0.25) is 5.60 Å². The molecule has 0 aliphatic carbocycles. The van der Waals surface area contributed by atoms with Gasteiger partial charge in [-0.05, 0) is 26.8 Å². The highest BCUT2D eigenvalue weighted by Gasteiger charge is 2.53. The predicted molar refractivity (Wildman–Crippen MR) is 84.4 cm³/mol. The topological polar surface area (TPSA) is 52.6 Å². The molecule has 1 atom stereocenters. The zero-order chi connectivity index (χ0) is 16.3. The smallest absolute Gasteiger partial charge is 0.352 e. The van der Waals surface area contributed by atoms with E-state index in [-0.39, 0.29) is 24.2 Å². The van der Waals surface area contributed by atoms with Crippen LogP contribution in [0.2, 0.25) is 25.7 Å². The lowest BCUT2D eigenvalue weighted by molar-refractivity contribution is -0.206. The lowest BCUT2D eigenvalue weighted by Gasteiger charge is -2.36. The van der Waals surface area contributed by atoms with E-state index in [1.165, 1.54) is 0 Å². The fourth-order valence-corrected chi connectivity index (χ4v) is 2.48. The van der Waals surface area contributed by atoms with Gasteiger partial charge in [-0.2, -0.15) is 0 Å². The fourth-order valence-electron chi connectivity index (χ4n) is 1.76. The minimum atomic E-state index is -1.25. The third-order valence-electron chi connectivity index (χ3n) is 3.03. The van der Waals surface area contributed by atoms with Crippen molar-refractivity contribution >= 4 is 20.0 Å². The lowest BCUT2D eigenvalue weighted by Crippen LogP contribution is -2.54. The van der Waals surface area contributed by atoms with E-state index in [2.05, 4.69) is 31.5 Å². The Bertz CT molecular complexity index is 463. The third-order valence-corrected chi connectivity index (χ3v) is 4.74. The largest absolute Gasteiger partial charge is 0.463 e. The van der Waals surface area contributed by atoms with Gasteiger partial charge in [-0.15, -0.1) is 0 Å². The SMILES string of the molecule is CC(C)(C)C#CC[C@]1(C(=O)OCC[Si](C)(C)C)CC(=O)O1. The van der Waals surface area contributed by atoms with E-state index in [9.17, 15) is 9.59 Å². The van der Waals surface area contributed by atoms with Crippen LogP contribution in [0, 0.1) is 17.3 Å². The number of cyclic esters (lactones) is 1. The standard InChI is InChI=1S/C16H26O4Si/c1-15(2,3)8-7-9-16(12-13(17)20-16)14(18)19-10-11-21(4,5)6/h9-12H2,1-6H3/t16-/m1/s1. The summed E-state index contributed by atoms with van der Waals surface area (Å²) in [5.41, 5.74) is -1.31. The van der Waals surface area contributed by atoms with Crippen molar-refractivity contribution in [2.45, 2.75) is 64.9 Å². The van der Waals surface area contributed by atoms with Crippen molar-refractivity contribution in [3.63, 3.8) is 0 Å². The Kier molecular flexibility index (Phi) is 5.27. The zero-order valence-electron chi connectivity index (χ0n) is 14.0. The van der Waals surface area contributed by atoms with Crippen LogP contribution in [0.25, 0.3) is 0 Å². The second kappa shape index (κ2) is 6.23. The zero-order valence-corrected chi connectivity index (χ0v) is 15.0. The molecule has 1 saturated heterocycles. The van der Waals surface area contributed by atoms with Gasteiger partial charge >= 0.3 is 11.9 Å². The van der Waals surface area contributed by atoms with Crippen molar-refractivity contribution in [1.29, 1.82) is 0 Å². The Hall–Kier alpha value is -1.28. The first-order valence-corrected chi connectivity index (χ1v) is 11.0. The summed E-state index contributed by atoms with van der Waals surface area (Å²) in [5.74, 6) is 5.19. The Morgan fingerprint density at radius 1 is 1.38 bits per heavy atom. The van der Waals surface area contributed by atoms with E-state index in [4.69, 9.17) is 9.47 Å². The quantitative estimate of drug-likeness (QED) is 0.445. The number of hydrogen-bond acceptors (Lipinski definition) is 4. The number of rotatable bonds is 5. The first kappa shape index (κ1) is 17.8. The maximum absolute atomic E-state index is 12.2. The Morgan fingerprint density at radius 2 is 1.95 bits per heavy atom. The Labute approximate surface area is 128 Å². The van der Waals surface area contributed by atoms with Gasteiger partial charge in [0.1, 0.15) is 0 Å². The van der Waals surface area contributed by atoms with Crippen molar-refractivity contribution in [1.82, 2.24) is 0 Å². The van der Waals surface area contributed by atoms with Crippen LogP contribution in [-0.4, -0.2) is 32.2 Å². The molecule has 1 rings (SSSR count). The second-order valence-electron chi connectivity index (χ2n) is 7.82. The summed E-state index contributed by atoms with van der Waals surface area (Å²) in [5, 5.41) is 0. The van der Waals surface area contributed by atoms with Gasteiger partial charge < -0.3 is 9.47 Å². The molecule has 0 aromatic heterocycles. The van der Waals surface area contributed by atoms with Crippen LogP contribution in [0.4, 0.5) is 0 Å². The molecule has 1 fully saturated rings. The molecular formula is C16H26O4Si. The number of esters is 2. The summed E-state index contributed by atoms with van der Waals surface area (Å²) < 4.78 is 10.4. The Morgan fingerprint density at radius 3 is 2.38 bits per heavy atom. The lowest BCUT2D eigenvalue weighted by atomic mass is 9.89. The van der Waals surface area contributed by atoms with Gasteiger partial charge in [-0.25, -0.2) is 4.79 Å². The van der Waals surface area contributed by atoms with E-state index in [1.807, 2.05) is 20.8 Å². The van der Waals surface area contributed by atoms with Gasteiger partial charge in [-0.1, -0.05) is 31.5 Å². The van der Waals surface area contributed by atoms with Gasteiger partial charge in [0.15, 0.2) is 0 Å². The first-order valence-electron chi connectivity index (χ1n) is 7.33. The molecule has 5 heteroatoms. The highest BCUT2D eigenvalue weighted by Crippen LogP contribution is 2.33. The van der Waals surface area contributed by atoms with Crippen LogP contribution >= 0.6 is 0 Å². The first-order chi connectivity index (χ1) is 9.44. The van der Waals surface area contributed by atoms with Crippen LogP contribution in [0.1, 0.15) is 33.6 Å². The summed E-state index contributed by atoms with van der Waals surface area (Å²) in [7, 11) is -1.25. The van der Waals surface area contributed by atoms with E-state index in [0.29, 0.717) is 6.61 Å². The van der Waals surface area contributed by atoms with Crippen molar-refractivity contribution in [3.8, 4) is 11.8 Å². The van der Waals surface area contributed by atoms with Gasteiger partial charge in [0, 0.05) is 13.5 Å². The molecule has 0 saturated carbocycles. The molecule has 0 N–H and O–H groups in total. The van der Waals surface area contributed by atoms with Crippen molar-refractivity contribution in [3.05, 3.63) is 0 Å². The van der Waals surface area contributed by atoms with Crippen LogP contribution < -0.4 is 0 Å². The van der Waals surface area contributed by atoms with Crippen molar-refractivity contribution < 1.29 is 19.1 Å². The molecule has 0 bridgehead atoms. The molecular weight excluding hydrogens is 284 g/mol. The van der Waals surface area contributed by atoms with E-state index < -0.39 is 19.6 Å². The van der Waals surface area contributed by atoms with Crippen LogP contribution in [0.3, 0.4) is 0 Å². The molecule has 1 heterocycles. The number of hydrogen-bond donors (Lipinski definition) is 0.